The van der Waals surface area contributed by atoms with E-state index in [0.717, 1.165) is 6.42 Å². The highest BCUT2D eigenvalue weighted by atomic mass is 35.5. The van der Waals surface area contributed by atoms with Crippen molar-refractivity contribution in [2.45, 2.75) is 12.8 Å². The molecule has 2 nitrogen and oxygen atoms in total. The molecule has 0 radical (unpaired) electrons. The van der Waals surface area contributed by atoms with Gasteiger partial charge in [0, 0.05) is 18.5 Å². The predicted octanol–water partition coefficient (Wildman–Crippen LogP) is 2.62. The molecule has 0 fully saturated rings. The topological polar surface area (TPSA) is 29.1 Å². The van der Waals surface area contributed by atoms with Crippen molar-refractivity contribution in [2.24, 2.45) is 0 Å². The fraction of sp³-hybridized carbons (Fsp3) is 0.250. The lowest BCUT2D eigenvalue weighted by atomic mass is 10.2. The van der Waals surface area contributed by atoms with Gasteiger partial charge in [-0.15, -0.1) is 12.3 Å². The smallest absolute Gasteiger partial charge is 0.251 e. The molecule has 0 unspecified atom stereocenters. The van der Waals surface area contributed by atoms with Crippen molar-refractivity contribution in [3.63, 3.8) is 0 Å². The normalized spacial score (nSPS) is 9.56. The number of unbranched alkanes of at least 4 members (excludes halogenated alkanes) is 1. The highest BCUT2D eigenvalue weighted by Gasteiger charge is 2.07. The van der Waals surface area contributed by atoms with Gasteiger partial charge < -0.3 is 5.32 Å². The van der Waals surface area contributed by atoms with Crippen molar-refractivity contribution >= 4 is 17.5 Å². The van der Waals surface area contributed by atoms with Crippen molar-refractivity contribution in [1.29, 1.82) is 0 Å². The summed E-state index contributed by atoms with van der Waals surface area (Å²) in [6.07, 6.45) is 6.41. The molecule has 0 aliphatic rings. The van der Waals surface area contributed by atoms with Gasteiger partial charge in [0.15, 0.2) is 0 Å². The number of benzene rings is 1. The van der Waals surface area contributed by atoms with E-state index in [4.69, 9.17) is 18.0 Å². The van der Waals surface area contributed by atoms with Crippen molar-refractivity contribution in [2.75, 3.05) is 6.54 Å². The van der Waals surface area contributed by atoms with Crippen molar-refractivity contribution in [1.82, 2.24) is 5.32 Å². The Labute approximate surface area is 98.8 Å². The molecule has 0 heterocycles. The largest absolute Gasteiger partial charge is 0.352 e. The maximum absolute atomic E-state index is 12.8. The third-order valence-electron chi connectivity index (χ3n) is 1.97. The Morgan fingerprint density at radius 2 is 2.31 bits per heavy atom. The minimum atomic E-state index is -0.537. The number of amides is 1. The first-order valence-corrected chi connectivity index (χ1v) is 5.19. The number of nitrogens with one attached hydrogen (secondary N) is 1. The zero-order valence-corrected chi connectivity index (χ0v) is 9.35. The van der Waals surface area contributed by atoms with E-state index in [0.29, 0.717) is 18.5 Å². The van der Waals surface area contributed by atoms with Crippen molar-refractivity contribution in [3.8, 4) is 12.3 Å². The average Bonchev–Trinajstić information content (AvgIpc) is 2.28. The van der Waals surface area contributed by atoms with Gasteiger partial charge in [-0.1, -0.05) is 11.6 Å². The lowest BCUT2D eigenvalue weighted by molar-refractivity contribution is 0.0953. The number of hydrogen-bond donors (Lipinski definition) is 1. The Balaban J connectivity index is 2.53. The summed E-state index contributed by atoms with van der Waals surface area (Å²) in [5.41, 5.74) is 0.340. The van der Waals surface area contributed by atoms with Crippen LogP contribution in [0.15, 0.2) is 18.2 Å². The molecule has 1 rings (SSSR count). The molecule has 0 saturated carbocycles. The Morgan fingerprint density at radius 1 is 1.56 bits per heavy atom. The molecule has 0 aliphatic heterocycles. The summed E-state index contributed by atoms with van der Waals surface area (Å²) in [7, 11) is 0. The quantitative estimate of drug-likeness (QED) is 0.635. The van der Waals surface area contributed by atoms with Crippen LogP contribution in [0.2, 0.25) is 5.02 Å². The zero-order valence-electron chi connectivity index (χ0n) is 8.59. The molecular weight excluding hydrogens is 229 g/mol. The molecule has 0 atom stereocenters. The highest BCUT2D eigenvalue weighted by Crippen LogP contribution is 2.15. The number of terminal acetylenes is 1. The van der Waals surface area contributed by atoms with E-state index in [1.165, 1.54) is 18.2 Å². The molecule has 0 bridgehead atoms. The highest BCUT2D eigenvalue weighted by molar-refractivity contribution is 6.31. The maximum Gasteiger partial charge on any atom is 0.251 e. The van der Waals surface area contributed by atoms with E-state index >= 15 is 0 Å². The summed E-state index contributed by atoms with van der Waals surface area (Å²) < 4.78 is 12.8. The lowest BCUT2D eigenvalue weighted by Crippen LogP contribution is -2.24. The average molecular weight is 240 g/mol. The number of carbonyl (C=O) groups is 1. The molecule has 1 amide bonds. The third-order valence-corrected chi connectivity index (χ3v) is 2.25. The molecule has 84 valence electrons. The fourth-order valence-electron chi connectivity index (χ4n) is 1.13. The molecule has 0 aliphatic carbocycles. The monoisotopic (exact) mass is 239 g/mol. The van der Waals surface area contributed by atoms with Crippen LogP contribution in [0.4, 0.5) is 4.39 Å². The van der Waals surface area contributed by atoms with Gasteiger partial charge in [-0.05, 0) is 24.6 Å². The molecule has 0 saturated heterocycles. The van der Waals surface area contributed by atoms with Gasteiger partial charge in [0.1, 0.15) is 5.82 Å². The molecule has 1 aromatic carbocycles. The second-order valence-corrected chi connectivity index (χ2v) is 3.60. The van der Waals surface area contributed by atoms with Gasteiger partial charge >= 0.3 is 0 Å². The van der Waals surface area contributed by atoms with E-state index in [9.17, 15) is 9.18 Å². The number of hydrogen-bond acceptors (Lipinski definition) is 1. The van der Waals surface area contributed by atoms with Crippen LogP contribution in [0, 0.1) is 18.2 Å². The second kappa shape index (κ2) is 6.14. The molecule has 0 aromatic heterocycles. The number of carbonyl (C=O) groups excluding carboxylic acids is 1. The first kappa shape index (κ1) is 12.5. The number of rotatable bonds is 4. The summed E-state index contributed by atoms with van der Waals surface area (Å²) in [5, 5.41) is 2.61. The van der Waals surface area contributed by atoms with Gasteiger partial charge in [-0.2, -0.15) is 0 Å². The van der Waals surface area contributed by atoms with Crippen LogP contribution < -0.4 is 5.32 Å². The van der Waals surface area contributed by atoms with Gasteiger partial charge in [0.25, 0.3) is 5.91 Å². The van der Waals surface area contributed by atoms with Crippen LogP contribution in [-0.4, -0.2) is 12.5 Å². The Bertz CT molecular complexity index is 426. The standard InChI is InChI=1S/C12H11ClFNO/c1-2-3-4-7-15-12(16)9-5-6-11(14)10(13)8-9/h1,5-6,8H,3-4,7H2,(H,15,16). The minimum Gasteiger partial charge on any atom is -0.352 e. The molecule has 0 spiro atoms. The first-order chi connectivity index (χ1) is 7.65. The van der Waals surface area contributed by atoms with Crippen molar-refractivity contribution in [3.05, 3.63) is 34.6 Å². The van der Waals surface area contributed by atoms with Crippen LogP contribution in [0.5, 0.6) is 0 Å². The summed E-state index contributed by atoms with van der Waals surface area (Å²) in [6, 6.07) is 3.85. The zero-order chi connectivity index (χ0) is 12.0. The number of halogens is 2. The van der Waals surface area contributed by atoms with Gasteiger partial charge in [0.2, 0.25) is 0 Å². The summed E-state index contributed by atoms with van der Waals surface area (Å²) in [6.45, 7) is 0.498. The second-order valence-electron chi connectivity index (χ2n) is 3.19. The summed E-state index contributed by atoms with van der Waals surface area (Å²) in [5.74, 6) is 1.66. The molecular formula is C12H11ClFNO. The van der Waals surface area contributed by atoms with Crippen LogP contribution in [0.25, 0.3) is 0 Å². The van der Waals surface area contributed by atoms with Crippen LogP contribution in [0.3, 0.4) is 0 Å². The summed E-state index contributed by atoms with van der Waals surface area (Å²) >= 11 is 5.56. The van der Waals surface area contributed by atoms with E-state index in [-0.39, 0.29) is 10.9 Å². The third kappa shape index (κ3) is 3.56. The first-order valence-electron chi connectivity index (χ1n) is 4.82. The Morgan fingerprint density at radius 3 is 2.94 bits per heavy atom. The van der Waals surface area contributed by atoms with Crippen LogP contribution in [0.1, 0.15) is 23.2 Å². The molecule has 1 aromatic rings. The minimum absolute atomic E-state index is 0.0590. The lowest BCUT2D eigenvalue weighted by Gasteiger charge is -2.04. The van der Waals surface area contributed by atoms with Gasteiger partial charge in [-0.3, -0.25) is 4.79 Å². The van der Waals surface area contributed by atoms with E-state index in [2.05, 4.69) is 11.2 Å². The Hall–Kier alpha value is -1.53. The van der Waals surface area contributed by atoms with E-state index < -0.39 is 5.82 Å². The molecule has 1 N–H and O–H groups in total. The fourth-order valence-corrected chi connectivity index (χ4v) is 1.31. The van der Waals surface area contributed by atoms with Crippen LogP contribution >= 0.6 is 11.6 Å². The van der Waals surface area contributed by atoms with Gasteiger partial charge in [-0.25, -0.2) is 4.39 Å². The van der Waals surface area contributed by atoms with Crippen molar-refractivity contribution < 1.29 is 9.18 Å². The van der Waals surface area contributed by atoms with Gasteiger partial charge in [0.05, 0.1) is 5.02 Å². The molecule has 4 heteroatoms. The summed E-state index contributed by atoms with van der Waals surface area (Å²) in [4.78, 5) is 11.5. The van der Waals surface area contributed by atoms with E-state index in [1.807, 2.05) is 0 Å². The van der Waals surface area contributed by atoms with Crippen LogP contribution in [-0.2, 0) is 0 Å². The molecule has 16 heavy (non-hydrogen) atoms. The Kier molecular flexibility index (Phi) is 4.81. The van der Waals surface area contributed by atoms with E-state index in [1.54, 1.807) is 0 Å². The predicted molar refractivity (Wildman–Crippen MR) is 61.8 cm³/mol. The SMILES string of the molecule is C#CCCCNC(=O)c1ccc(F)c(Cl)c1. The maximum atomic E-state index is 12.8.